The molecule has 5 heteroatoms. The number of imidazole rings is 1. The van der Waals surface area contributed by atoms with Gasteiger partial charge in [-0.1, -0.05) is 18.5 Å². The Morgan fingerprint density at radius 3 is 2.90 bits per heavy atom. The Kier molecular flexibility index (Phi) is 5.30. The Morgan fingerprint density at radius 2 is 2.20 bits per heavy atom. The monoisotopic (exact) mass is 293 g/mol. The summed E-state index contributed by atoms with van der Waals surface area (Å²) in [6, 6.07) is 5.74. The van der Waals surface area contributed by atoms with Gasteiger partial charge in [0.25, 0.3) is 0 Å². The summed E-state index contributed by atoms with van der Waals surface area (Å²) in [5.74, 6) is 1.74. The van der Waals surface area contributed by atoms with Crippen LogP contribution in [-0.2, 0) is 13.1 Å². The average Bonchev–Trinajstić information content (AvgIpc) is 2.91. The van der Waals surface area contributed by atoms with E-state index in [-0.39, 0.29) is 0 Å². The van der Waals surface area contributed by atoms with E-state index in [1.54, 1.807) is 0 Å². The SMILES string of the molecule is CCCOc1ccc(NCc2nccn2CC)cc1Cl. The van der Waals surface area contributed by atoms with Crippen molar-refractivity contribution in [2.45, 2.75) is 33.4 Å². The summed E-state index contributed by atoms with van der Waals surface area (Å²) in [5, 5.41) is 3.95. The lowest BCUT2D eigenvalue weighted by Crippen LogP contribution is -2.07. The highest BCUT2D eigenvalue weighted by molar-refractivity contribution is 6.32. The summed E-state index contributed by atoms with van der Waals surface area (Å²) < 4.78 is 7.66. The van der Waals surface area contributed by atoms with Crippen LogP contribution in [0.15, 0.2) is 30.6 Å². The number of rotatable bonds is 7. The third-order valence-corrected chi connectivity index (χ3v) is 3.28. The molecule has 0 aliphatic carbocycles. The van der Waals surface area contributed by atoms with Gasteiger partial charge in [-0.25, -0.2) is 4.98 Å². The summed E-state index contributed by atoms with van der Waals surface area (Å²) in [6.45, 7) is 6.44. The van der Waals surface area contributed by atoms with E-state index in [1.807, 2.05) is 30.6 Å². The van der Waals surface area contributed by atoms with Crippen molar-refractivity contribution in [3.05, 3.63) is 41.4 Å². The molecular formula is C15H20ClN3O. The number of benzene rings is 1. The molecule has 0 saturated carbocycles. The number of hydrogen-bond donors (Lipinski definition) is 1. The van der Waals surface area contributed by atoms with E-state index < -0.39 is 0 Å². The molecule has 1 aromatic heterocycles. The smallest absolute Gasteiger partial charge is 0.138 e. The van der Waals surface area contributed by atoms with Crippen LogP contribution in [0.3, 0.4) is 0 Å². The fraction of sp³-hybridized carbons (Fsp3) is 0.400. The minimum atomic E-state index is 0.627. The molecule has 0 bridgehead atoms. The Bertz CT molecular complexity index is 554. The second kappa shape index (κ2) is 7.20. The predicted octanol–water partition coefficient (Wildman–Crippen LogP) is 3.96. The van der Waals surface area contributed by atoms with E-state index in [0.717, 1.165) is 30.2 Å². The van der Waals surface area contributed by atoms with E-state index in [1.165, 1.54) is 0 Å². The van der Waals surface area contributed by atoms with Crippen molar-refractivity contribution in [2.24, 2.45) is 0 Å². The minimum Gasteiger partial charge on any atom is -0.492 e. The van der Waals surface area contributed by atoms with Gasteiger partial charge in [-0.3, -0.25) is 0 Å². The quantitative estimate of drug-likeness (QED) is 0.840. The van der Waals surface area contributed by atoms with Crippen molar-refractivity contribution in [2.75, 3.05) is 11.9 Å². The van der Waals surface area contributed by atoms with Crippen LogP contribution < -0.4 is 10.1 Å². The molecule has 108 valence electrons. The average molecular weight is 294 g/mol. The number of aromatic nitrogens is 2. The van der Waals surface area contributed by atoms with E-state index >= 15 is 0 Å². The molecule has 0 aliphatic heterocycles. The van der Waals surface area contributed by atoms with Gasteiger partial charge in [0.05, 0.1) is 18.2 Å². The molecule has 20 heavy (non-hydrogen) atoms. The van der Waals surface area contributed by atoms with E-state index in [0.29, 0.717) is 18.2 Å². The van der Waals surface area contributed by atoms with Crippen molar-refractivity contribution < 1.29 is 4.74 Å². The fourth-order valence-corrected chi connectivity index (χ4v) is 2.15. The summed E-state index contributed by atoms with van der Waals surface area (Å²) in [7, 11) is 0. The van der Waals surface area contributed by atoms with Crippen LogP contribution in [-0.4, -0.2) is 16.2 Å². The Morgan fingerprint density at radius 1 is 1.35 bits per heavy atom. The third kappa shape index (κ3) is 3.67. The van der Waals surface area contributed by atoms with Gasteiger partial charge < -0.3 is 14.6 Å². The molecule has 0 spiro atoms. The second-order valence-electron chi connectivity index (χ2n) is 4.48. The summed E-state index contributed by atoms with van der Waals surface area (Å²) in [5.41, 5.74) is 0.963. The first-order valence-electron chi connectivity index (χ1n) is 6.90. The van der Waals surface area contributed by atoms with Gasteiger partial charge in [0, 0.05) is 24.6 Å². The molecule has 2 aromatic rings. The normalized spacial score (nSPS) is 10.6. The number of nitrogens with one attached hydrogen (secondary N) is 1. The first kappa shape index (κ1) is 14.7. The first-order chi connectivity index (χ1) is 9.74. The van der Waals surface area contributed by atoms with Crippen molar-refractivity contribution in [3.63, 3.8) is 0 Å². The van der Waals surface area contributed by atoms with E-state index in [4.69, 9.17) is 16.3 Å². The maximum absolute atomic E-state index is 6.20. The number of hydrogen-bond acceptors (Lipinski definition) is 3. The topological polar surface area (TPSA) is 39.1 Å². The lowest BCUT2D eigenvalue weighted by molar-refractivity contribution is 0.317. The van der Waals surface area contributed by atoms with Crippen molar-refractivity contribution in [1.82, 2.24) is 9.55 Å². The van der Waals surface area contributed by atoms with Crippen LogP contribution in [0.4, 0.5) is 5.69 Å². The van der Waals surface area contributed by atoms with Gasteiger partial charge in [0.15, 0.2) is 0 Å². The number of anilines is 1. The van der Waals surface area contributed by atoms with Gasteiger partial charge >= 0.3 is 0 Å². The summed E-state index contributed by atoms with van der Waals surface area (Å²) in [4.78, 5) is 4.33. The first-order valence-corrected chi connectivity index (χ1v) is 7.28. The molecule has 1 aromatic carbocycles. The lowest BCUT2D eigenvalue weighted by Gasteiger charge is -2.11. The Hall–Kier alpha value is -1.68. The molecule has 2 rings (SSSR count). The van der Waals surface area contributed by atoms with Gasteiger partial charge in [-0.2, -0.15) is 0 Å². The molecular weight excluding hydrogens is 274 g/mol. The molecule has 4 nitrogen and oxygen atoms in total. The molecule has 1 N–H and O–H groups in total. The number of nitrogens with zero attached hydrogens (tertiary/aromatic N) is 2. The van der Waals surface area contributed by atoms with Crippen LogP contribution in [0, 0.1) is 0 Å². The van der Waals surface area contributed by atoms with Gasteiger partial charge in [0.2, 0.25) is 0 Å². The number of aryl methyl sites for hydroxylation is 1. The minimum absolute atomic E-state index is 0.627. The zero-order valence-corrected chi connectivity index (χ0v) is 12.7. The molecule has 0 aliphatic rings. The second-order valence-corrected chi connectivity index (χ2v) is 4.88. The van der Waals surface area contributed by atoms with Crippen LogP contribution in [0.5, 0.6) is 5.75 Å². The Balaban J connectivity index is 1.98. The van der Waals surface area contributed by atoms with Gasteiger partial charge in [0.1, 0.15) is 11.6 Å². The van der Waals surface area contributed by atoms with E-state index in [2.05, 4.69) is 28.7 Å². The van der Waals surface area contributed by atoms with Crippen LogP contribution in [0.2, 0.25) is 5.02 Å². The molecule has 0 amide bonds. The highest BCUT2D eigenvalue weighted by Gasteiger charge is 2.04. The molecule has 1 heterocycles. The van der Waals surface area contributed by atoms with Crippen LogP contribution in [0.1, 0.15) is 26.1 Å². The predicted molar refractivity (Wildman–Crippen MR) is 82.5 cm³/mol. The fourth-order valence-electron chi connectivity index (χ4n) is 1.92. The van der Waals surface area contributed by atoms with Crippen molar-refractivity contribution >= 4 is 17.3 Å². The summed E-state index contributed by atoms with van der Waals surface area (Å²) >= 11 is 6.20. The van der Waals surface area contributed by atoms with Crippen LogP contribution in [0.25, 0.3) is 0 Å². The zero-order chi connectivity index (χ0) is 14.4. The molecule has 0 saturated heterocycles. The third-order valence-electron chi connectivity index (χ3n) is 2.99. The number of ether oxygens (including phenoxy) is 1. The van der Waals surface area contributed by atoms with Gasteiger partial charge in [-0.15, -0.1) is 0 Å². The van der Waals surface area contributed by atoms with Crippen molar-refractivity contribution in [3.8, 4) is 5.75 Å². The highest BCUT2D eigenvalue weighted by atomic mass is 35.5. The molecule has 0 unspecified atom stereocenters. The number of halogens is 1. The zero-order valence-electron chi connectivity index (χ0n) is 11.9. The van der Waals surface area contributed by atoms with Crippen molar-refractivity contribution in [1.29, 1.82) is 0 Å². The van der Waals surface area contributed by atoms with Crippen LogP contribution >= 0.6 is 11.6 Å². The molecule has 0 fully saturated rings. The maximum atomic E-state index is 6.20. The van der Waals surface area contributed by atoms with Gasteiger partial charge in [-0.05, 0) is 31.5 Å². The summed E-state index contributed by atoms with van der Waals surface area (Å²) in [6.07, 6.45) is 4.76. The standard InChI is InChI=1S/C15H20ClN3O/c1-3-9-20-14-6-5-12(10-13(14)16)18-11-15-17-7-8-19(15)4-2/h5-8,10,18H,3-4,9,11H2,1-2H3. The maximum Gasteiger partial charge on any atom is 0.138 e. The van der Waals surface area contributed by atoms with E-state index in [9.17, 15) is 0 Å². The largest absolute Gasteiger partial charge is 0.492 e. The highest BCUT2D eigenvalue weighted by Crippen LogP contribution is 2.27. The Labute approximate surface area is 124 Å². The molecule has 0 atom stereocenters. The molecule has 0 radical (unpaired) electrons. The lowest BCUT2D eigenvalue weighted by atomic mass is 10.3.